The van der Waals surface area contributed by atoms with E-state index in [0.717, 1.165) is 12.0 Å². The number of likely N-dealkylation sites (tertiary alicyclic amines) is 1. The first-order valence-corrected chi connectivity index (χ1v) is 12.0. The second kappa shape index (κ2) is 10.8. The third-order valence-corrected chi connectivity index (χ3v) is 6.80. The molecule has 0 bridgehead atoms. The van der Waals surface area contributed by atoms with E-state index in [9.17, 15) is 14.4 Å². The van der Waals surface area contributed by atoms with Crippen LogP contribution < -0.4 is 14.4 Å². The Bertz CT molecular complexity index is 1050. The Morgan fingerprint density at radius 2 is 1.60 bits per heavy atom. The molecule has 0 spiro atoms. The van der Waals surface area contributed by atoms with Crippen molar-refractivity contribution in [3.8, 4) is 11.5 Å². The maximum Gasteiger partial charge on any atom is 0.310 e. The van der Waals surface area contributed by atoms with Gasteiger partial charge in [-0.2, -0.15) is 0 Å². The summed E-state index contributed by atoms with van der Waals surface area (Å²) in [5.74, 6) is -0.00467. The van der Waals surface area contributed by atoms with E-state index in [2.05, 4.69) is 0 Å². The van der Waals surface area contributed by atoms with Crippen molar-refractivity contribution in [2.45, 2.75) is 32.2 Å². The van der Waals surface area contributed by atoms with Gasteiger partial charge in [-0.15, -0.1) is 0 Å². The molecule has 0 N–H and O–H groups in total. The molecule has 0 radical (unpaired) electrons. The number of anilines is 1. The zero-order chi connectivity index (χ0) is 24.9. The number of esters is 1. The van der Waals surface area contributed by atoms with Crippen LogP contribution in [-0.2, 0) is 19.1 Å². The van der Waals surface area contributed by atoms with Gasteiger partial charge in [-0.3, -0.25) is 14.4 Å². The summed E-state index contributed by atoms with van der Waals surface area (Å²) in [6.45, 7) is 2.98. The largest absolute Gasteiger partial charge is 0.497 e. The Hall–Kier alpha value is -3.55. The molecule has 0 aliphatic carbocycles. The molecule has 2 fully saturated rings. The van der Waals surface area contributed by atoms with Gasteiger partial charge in [0.15, 0.2) is 0 Å². The minimum absolute atomic E-state index is 0.0993. The minimum Gasteiger partial charge on any atom is -0.497 e. The van der Waals surface area contributed by atoms with Crippen molar-refractivity contribution in [1.29, 1.82) is 0 Å². The summed E-state index contributed by atoms with van der Waals surface area (Å²) < 4.78 is 15.8. The number of amides is 2. The summed E-state index contributed by atoms with van der Waals surface area (Å²) in [4.78, 5) is 42.9. The van der Waals surface area contributed by atoms with E-state index in [1.807, 2.05) is 36.4 Å². The van der Waals surface area contributed by atoms with Crippen LogP contribution in [0.15, 0.2) is 48.5 Å². The Labute approximate surface area is 205 Å². The first-order chi connectivity index (χ1) is 17.0. The van der Waals surface area contributed by atoms with Crippen LogP contribution in [0.4, 0.5) is 5.69 Å². The first-order valence-electron chi connectivity index (χ1n) is 12.0. The summed E-state index contributed by atoms with van der Waals surface area (Å²) >= 11 is 0. The molecule has 2 amide bonds. The number of hydrogen-bond donors (Lipinski definition) is 0. The highest BCUT2D eigenvalue weighted by Crippen LogP contribution is 2.43. The summed E-state index contributed by atoms with van der Waals surface area (Å²) in [6, 6.07) is 14.3. The van der Waals surface area contributed by atoms with Crippen molar-refractivity contribution in [2.75, 3.05) is 38.8 Å². The highest BCUT2D eigenvalue weighted by molar-refractivity contribution is 6.01. The van der Waals surface area contributed by atoms with Crippen molar-refractivity contribution < 1.29 is 28.6 Å². The molecule has 0 aromatic heterocycles. The molecule has 4 rings (SSSR count). The molecule has 2 aromatic carbocycles. The predicted molar refractivity (Wildman–Crippen MR) is 130 cm³/mol. The van der Waals surface area contributed by atoms with Gasteiger partial charge in [-0.25, -0.2) is 0 Å². The van der Waals surface area contributed by atoms with E-state index < -0.39 is 12.0 Å². The molecule has 3 atom stereocenters. The number of carbonyl (C=O) groups is 3. The number of carbonyl (C=O) groups excluding carboxylic acids is 3. The summed E-state index contributed by atoms with van der Waals surface area (Å²) in [6.07, 6.45) is 1.53. The Kier molecular flexibility index (Phi) is 7.58. The maximum atomic E-state index is 13.8. The standard InChI is InChI=1S/C27H32N2O6/c1-4-35-27(32)19-6-5-15-28(17-19)26(31)23-16-24(30)29(20-9-13-22(34-3)14-10-20)25(23)18-7-11-21(33-2)12-8-18/h7-14,19,23,25H,4-6,15-17H2,1-3H3/t19-,23+,25+/m1/s1. The van der Waals surface area contributed by atoms with E-state index in [1.54, 1.807) is 43.1 Å². The van der Waals surface area contributed by atoms with E-state index in [4.69, 9.17) is 14.2 Å². The van der Waals surface area contributed by atoms with E-state index in [-0.39, 0.29) is 30.1 Å². The van der Waals surface area contributed by atoms with Gasteiger partial charge < -0.3 is 24.0 Å². The van der Waals surface area contributed by atoms with Gasteiger partial charge in [0.1, 0.15) is 11.5 Å². The minimum atomic E-state index is -0.570. The smallest absolute Gasteiger partial charge is 0.310 e. The summed E-state index contributed by atoms with van der Waals surface area (Å²) in [5.41, 5.74) is 1.56. The van der Waals surface area contributed by atoms with Crippen LogP contribution in [0, 0.1) is 11.8 Å². The van der Waals surface area contributed by atoms with Gasteiger partial charge in [-0.05, 0) is 61.7 Å². The molecular formula is C27H32N2O6. The van der Waals surface area contributed by atoms with Crippen molar-refractivity contribution >= 4 is 23.5 Å². The van der Waals surface area contributed by atoms with E-state index in [0.29, 0.717) is 43.3 Å². The predicted octanol–water partition coefficient (Wildman–Crippen LogP) is 3.60. The number of benzene rings is 2. The SMILES string of the molecule is CCOC(=O)[C@@H]1CCCN(C(=O)[C@H]2CC(=O)N(c3ccc(OC)cc3)[C@H]2c2ccc(OC)cc2)C1. The van der Waals surface area contributed by atoms with E-state index in [1.165, 1.54) is 0 Å². The molecule has 186 valence electrons. The van der Waals surface area contributed by atoms with Gasteiger partial charge in [0, 0.05) is 25.2 Å². The normalized spacial score (nSPS) is 22.1. The molecule has 0 unspecified atom stereocenters. The Morgan fingerprint density at radius 3 is 2.20 bits per heavy atom. The topological polar surface area (TPSA) is 85.4 Å². The monoisotopic (exact) mass is 480 g/mol. The van der Waals surface area contributed by atoms with Crippen LogP contribution in [0.1, 0.15) is 37.8 Å². The average Bonchev–Trinajstić information content (AvgIpc) is 3.25. The zero-order valence-electron chi connectivity index (χ0n) is 20.4. The van der Waals surface area contributed by atoms with Crippen molar-refractivity contribution in [3.63, 3.8) is 0 Å². The van der Waals surface area contributed by atoms with Crippen LogP contribution in [0.3, 0.4) is 0 Å². The number of rotatable bonds is 7. The van der Waals surface area contributed by atoms with Gasteiger partial charge in [0.25, 0.3) is 0 Å². The molecule has 2 saturated heterocycles. The molecule has 2 heterocycles. The Balaban J connectivity index is 1.65. The molecule has 2 aliphatic heterocycles. The fourth-order valence-electron chi connectivity index (χ4n) is 5.05. The zero-order valence-corrected chi connectivity index (χ0v) is 20.4. The van der Waals surface area contributed by atoms with Crippen molar-refractivity contribution in [1.82, 2.24) is 4.90 Å². The van der Waals surface area contributed by atoms with Crippen molar-refractivity contribution in [3.05, 3.63) is 54.1 Å². The van der Waals surface area contributed by atoms with Crippen LogP contribution in [-0.4, -0.2) is 56.6 Å². The number of piperidine rings is 1. The molecular weight excluding hydrogens is 448 g/mol. The van der Waals surface area contributed by atoms with Crippen LogP contribution in [0.2, 0.25) is 0 Å². The summed E-state index contributed by atoms with van der Waals surface area (Å²) in [7, 11) is 3.19. The van der Waals surface area contributed by atoms with E-state index >= 15 is 0 Å². The Morgan fingerprint density at radius 1 is 0.971 bits per heavy atom. The van der Waals surface area contributed by atoms with Gasteiger partial charge in [-0.1, -0.05) is 12.1 Å². The molecule has 8 nitrogen and oxygen atoms in total. The van der Waals surface area contributed by atoms with Gasteiger partial charge in [0.05, 0.1) is 38.7 Å². The fourth-order valence-corrected chi connectivity index (χ4v) is 5.05. The van der Waals surface area contributed by atoms with Gasteiger partial charge in [0.2, 0.25) is 11.8 Å². The maximum absolute atomic E-state index is 13.8. The lowest BCUT2D eigenvalue weighted by molar-refractivity contribution is -0.152. The first kappa shape index (κ1) is 24.6. The summed E-state index contributed by atoms with van der Waals surface area (Å²) in [5, 5.41) is 0. The lowest BCUT2D eigenvalue weighted by Crippen LogP contribution is -2.46. The number of ether oxygens (including phenoxy) is 3. The molecule has 8 heteroatoms. The van der Waals surface area contributed by atoms with Crippen LogP contribution in [0.25, 0.3) is 0 Å². The second-order valence-electron chi connectivity index (χ2n) is 8.87. The van der Waals surface area contributed by atoms with Crippen LogP contribution in [0.5, 0.6) is 11.5 Å². The lowest BCUT2D eigenvalue weighted by atomic mass is 9.90. The number of methoxy groups -OCH3 is 2. The fraction of sp³-hybridized carbons (Fsp3) is 0.444. The molecule has 0 saturated carbocycles. The average molecular weight is 481 g/mol. The lowest BCUT2D eigenvalue weighted by Gasteiger charge is -2.35. The highest BCUT2D eigenvalue weighted by atomic mass is 16.5. The van der Waals surface area contributed by atoms with Crippen LogP contribution >= 0.6 is 0 Å². The molecule has 35 heavy (non-hydrogen) atoms. The van der Waals surface area contributed by atoms with Crippen molar-refractivity contribution in [2.24, 2.45) is 11.8 Å². The highest BCUT2D eigenvalue weighted by Gasteiger charge is 2.47. The third-order valence-electron chi connectivity index (χ3n) is 6.80. The third kappa shape index (κ3) is 5.11. The quantitative estimate of drug-likeness (QED) is 0.563. The number of nitrogens with zero attached hydrogens (tertiary/aromatic N) is 2. The number of hydrogen-bond acceptors (Lipinski definition) is 6. The molecule has 2 aromatic rings. The second-order valence-corrected chi connectivity index (χ2v) is 8.87. The van der Waals surface area contributed by atoms with Gasteiger partial charge >= 0.3 is 5.97 Å². The molecule has 2 aliphatic rings.